The lowest BCUT2D eigenvalue weighted by Crippen LogP contribution is -2.37. The highest BCUT2D eigenvalue weighted by Gasteiger charge is 2.27. The van der Waals surface area contributed by atoms with E-state index in [1.54, 1.807) is 13.0 Å². The highest BCUT2D eigenvalue weighted by atomic mass is 35.5. The van der Waals surface area contributed by atoms with E-state index in [2.05, 4.69) is 10.5 Å². The van der Waals surface area contributed by atoms with Crippen molar-refractivity contribution in [3.8, 4) is 0 Å². The van der Waals surface area contributed by atoms with Gasteiger partial charge in [-0.2, -0.15) is 0 Å². The summed E-state index contributed by atoms with van der Waals surface area (Å²) in [7, 11) is 0. The molecular formula is C10H13ClN2O2. The molecule has 1 N–H and O–H groups in total. The molecule has 15 heavy (non-hydrogen) atoms. The third kappa shape index (κ3) is 2.31. The van der Waals surface area contributed by atoms with E-state index in [1.165, 1.54) is 0 Å². The van der Waals surface area contributed by atoms with Crippen LogP contribution in [-0.2, 0) is 0 Å². The molecule has 1 aromatic heterocycles. The van der Waals surface area contributed by atoms with Crippen LogP contribution in [0.3, 0.4) is 0 Å². The number of aromatic nitrogens is 1. The highest BCUT2D eigenvalue weighted by Crippen LogP contribution is 2.24. The fourth-order valence-electron chi connectivity index (χ4n) is 1.79. The molecule has 0 aliphatic heterocycles. The van der Waals surface area contributed by atoms with E-state index in [1.807, 2.05) is 0 Å². The summed E-state index contributed by atoms with van der Waals surface area (Å²) in [5, 5.41) is 6.56. The molecule has 0 saturated heterocycles. The molecule has 0 radical (unpaired) electrons. The fraction of sp³-hybridized carbons (Fsp3) is 0.600. The largest absolute Gasteiger partial charge is 0.361 e. The van der Waals surface area contributed by atoms with Crippen molar-refractivity contribution < 1.29 is 9.32 Å². The van der Waals surface area contributed by atoms with E-state index in [9.17, 15) is 4.79 Å². The number of alkyl halides is 1. The van der Waals surface area contributed by atoms with Crippen LogP contribution < -0.4 is 5.32 Å². The van der Waals surface area contributed by atoms with Crippen LogP contribution in [0.1, 0.15) is 35.5 Å². The van der Waals surface area contributed by atoms with Gasteiger partial charge in [0.25, 0.3) is 5.91 Å². The van der Waals surface area contributed by atoms with Crippen molar-refractivity contribution in [3.05, 3.63) is 17.5 Å². The summed E-state index contributed by atoms with van der Waals surface area (Å²) in [6, 6.07) is 1.68. The van der Waals surface area contributed by atoms with E-state index >= 15 is 0 Å². The number of hydrogen-bond acceptors (Lipinski definition) is 3. The van der Waals surface area contributed by atoms with Crippen LogP contribution in [0.4, 0.5) is 0 Å². The molecular weight excluding hydrogens is 216 g/mol. The van der Waals surface area contributed by atoms with Crippen LogP contribution in [-0.4, -0.2) is 22.5 Å². The van der Waals surface area contributed by atoms with Gasteiger partial charge in [-0.1, -0.05) is 5.16 Å². The smallest absolute Gasteiger partial charge is 0.273 e. The van der Waals surface area contributed by atoms with Gasteiger partial charge in [-0.15, -0.1) is 11.6 Å². The summed E-state index contributed by atoms with van der Waals surface area (Å²) < 4.78 is 4.83. The maximum absolute atomic E-state index is 11.7. The summed E-state index contributed by atoms with van der Waals surface area (Å²) >= 11 is 6.06. The van der Waals surface area contributed by atoms with Gasteiger partial charge in [-0.05, 0) is 26.2 Å². The van der Waals surface area contributed by atoms with Crippen molar-refractivity contribution in [2.75, 3.05) is 0 Å². The zero-order valence-electron chi connectivity index (χ0n) is 8.50. The topological polar surface area (TPSA) is 55.1 Å². The summed E-state index contributed by atoms with van der Waals surface area (Å²) in [5.41, 5.74) is 0.322. The molecule has 2 atom stereocenters. The second-order valence-electron chi connectivity index (χ2n) is 3.85. The quantitative estimate of drug-likeness (QED) is 0.787. The lowest BCUT2D eigenvalue weighted by atomic mass is 10.2. The summed E-state index contributed by atoms with van der Waals surface area (Å²) in [6.07, 6.45) is 2.97. The Morgan fingerprint density at radius 3 is 3.00 bits per heavy atom. The Labute approximate surface area is 93.0 Å². The van der Waals surface area contributed by atoms with E-state index < -0.39 is 0 Å². The molecule has 0 bridgehead atoms. The van der Waals surface area contributed by atoms with Gasteiger partial charge in [0.1, 0.15) is 5.76 Å². The first-order valence-corrected chi connectivity index (χ1v) is 5.48. The number of carbonyl (C=O) groups is 1. The van der Waals surface area contributed by atoms with Gasteiger partial charge in [-0.25, -0.2) is 0 Å². The Balaban J connectivity index is 1.97. The van der Waals surface area contributed by atoms with Crippen LogP contribution in [0, 0.1) is 6.92 Å². The maximum Gasteiger partial charge on any atom is 0.273 e. The van der Waals surface area contributed by atoms with Crippen molar-refractivity contribution in [1.29, 1.82) is 0 Å². The van der Waals surface area contributed by atoms with Gasteiger partial charge in [-0.3, -0.25) is 4.79 Å². The molecule has 5 heteroatoms. The first kappa shape index (κ1) is 10.5. The van der Waals surface area contributed by atoms with Crippen molar-refractivity contribution in [3.63, 3.8) is 0 Å². The van der Waals surface area contributed by atoms with E-state index in [4.69, 9.17) is 16.1 Å². The first-order chi connectivity index (χ1) is 7.16. The SMILES string of the molecule is Cc1cc(C(=O)NC2CCCC2Cl)no1. The van der Waals surface area contributed by atoms with Crippen LogP contribution in [0.2, 0.25) is 0 Å². The van der Waals surface area contributed by atoms with Gasteiger partial charge in [0, 0.05) is 12.1 Å². The molecule has 1 heterocycles. The van der Waals surface area contributed by atoms with Crippen LogP contribution >= 0.6 is 11.6 Å². The van der Waals surface area contributed by atoms with Gasteiger partial charge < -0.3 is 9.84 Å². The second-order valence-corrected chi connectivity index (χ2v) is 4.41. The number of nitrogens with one attached hydrogen (secondary N) is 1. The van der Waals surface area contributed by atoms with Crippen molar-refractivity contribution >= 4 is 17.5 Å². The summed E-state index contributed by atoms with van der Waals surface area (Å²) in [5.74, 6) is 0.429. The van der Waals surface area contributed by atoms with E-state index in [-0.39, 0.29) is 17.3 Å². The van der Waals surface area contributed by atoms with E-state index in [0.29, 0.717) is 11.5 Å². The number of amides is 1. The van der Waals surface area contributed by atoms with Crippen molar-refractivity contribution in [2.45, 2.75) is 37.6 Å². The average Bonchev–Trinajstić information content (AvgIpc) is 2.77. The maximum atomic E-state index is 11.7. The minimum Gasteiger partial charge on any atom is -0.361 e. The molecule has 2 unspecified atom stereocenters. The molecule has 1 saturated carbocycles. The minimum absolute atomic E-state index is 0.0435. The molecule has 1 fully saturated rings. The molecule has 0 aromatic carbocycles. The van der Waals surface area contributed by atoms with E-state index in [0.717, 1.165) is 19.3 Å². The third-order valence-corrected chi connectivity index (χ3v) is 3.13. The molecule has 2 rings (SSSR count). The van der Waals surface area contributed by atoms with Gasteiger partial charge in [0.05, 0.1) is 5.38 Å². The molecule has 1 aromatic rings. The first-order valence-electron chi connectivity index (χ1n) is 5.05. The van der Waals surface area contributed by atoms with Crippen molar-refractivity contribution in [1.82, 2.24) is 10.5 Å². The predicted molar refractivity (Wildman–Crippen MR) is 56.0 cm³/mol. The van der Waals surface area contributed by atoms with Crippen LogP contribution in [0.15, 0.2) is 10.6 Å². The molecule has 4 nitrogen and oxygen atoms in total. The van der Waals surface area contributed by atoms with Crippen molar-refractivity contribution in [2.24, 2.45) is 0 Å². The number of nitrogens with zero attached hydrogens (tertiary/aromatic N) is 1. The minimum atomic E-state index is -0.204. The molecule has 1 amide bonds. The lowest BCUT2D eigenvalue weighted by Gasteiger charge is -2.14. The molecule has 0 spiro atoms. The van der Waals surface area contributed by atoms with Crippen LogP contribution in [0.25, 0.3) is 0 Å². The molecule has 1 aliphatic carbocycles. The number of rotatable bonds is 2. The summed E-state index contributed by atoms with van der Waals surface area (Å²) in [4.78, 5) is 11.7. The van der Waals surface area contributed by atoms with Crippen LogP contribution in [0.5, 0.6) is 0 Å². The Morgan fingerprint density at radius 2 is 2.47 bits per heavy atom. The Hall–Kier alpha value is -1.03. The number of hydrogen-bond donors (Lipinski definition) is 1. The average molecular weight is 229 g/mol. The standard InChI is InChI=1S/C10H13ClN2O2/c1-6-5-9(13-15-6)10(14)12-8-4-2-3-7(8)11/h5,7-8H,2-4H2,1H3,(H,12,14). The Kier molecular flexibility index (Phi) is 2.95. The second kappa shape index (κ2) is 4.23. The predicted octanol–water partition coefficient (Wildman–Crippen LogP) is 1.87. The zero-order valence-corrected chi connectivity index (χ0v) is 9.25. The number of halogens is 1. The highest BCUT2D eigenvalue weighted by molar-refractivity contribution is 6.21. The Bertz CT molecular complexity index is 364. The lowest BCUT2D eigenvalue weighted by molar-refractivity contribution is 0.0929. The Morgan fingerprint density at radius 1 is 1.67 bits per heavy atom. The summed E-state index contributed by atoms with van der Waals surface area (Å²) in [6.45, 7) is 1.75. The van der Waals surface area contributed by atoms with Gasteiger partial charge >= 0.3 is 0 Å². The molecule has 82 valence electrons. The fourth-order valence-corrected chi connectivity index (χ4v) is 2.14. The van der Waals surface area contributed by atoms with Gasteiger partial charge in [0.2, 0.25) is 0 Å². The molecule has 1 aliphatic rings. The van der Waals surface area contributed by atoms with Gasteiger partial charge in [0.15, 0.2) is 5.69 Å². The number of carbonyl (C=O) groups excluding carboxylic acids is 1. The normalized spacial score (nSPS) is 25.5. The number of aryl methyl sites for hydroxylation is 1. The third-order valence-electron chi connectivity index (χ3n) is 2.61. The monoisotopic (exact) mass is 228 g/mol. The zero-order chi connectivity index (χ0) is 10.8.